The molecule has 2 aliphatic heterocycles. The Morgan fingerprint density at radius 1 is 1.36 bits per heavy atom. The lowest BCUT2D eigenvalue weighted by atomic mass is 10.2. The van der Waals surface area contributed by atoms with Gasteiger partial charge < -0.3 is 15.0 Å². The van der Waals surface area contributed by atoms with Crippen molar-refractivity contribution in [3.63, 3.8) is 0 Å². The molecule has 2 aliphatic rings. The molecule has 0 bridgehead atoms. The summed E-state index contributed by atoms with van der Waals surface area (Å²) >= 11 is 1.37. The first-order chi connectivity index (χ1) is 11.9. The Bertz CT molecular complexity index is 780. The summed E-state index contributed by atoms with van der Waals surface area (Å²) in [4.78, 5) is 26.2. The fraction of sp³-hybridized carbons (Fsp3) is 0.500. The van der Waals surface area contributed by atoms with Gasteiger partial charge in [-0.1, -0.05) is 12.1 Å². The van der Waals surface area contributed by atoms with Crippen LogP contribution in [0.5, 0.6) is 5.75 Å². The second-order valence-corrected chi connectivity index (χ2v) is 9.55. The van der Waals surface area contributed by atoms with Crippen LogP contribution in [-0.2, 0) is 19.4 Å². The first-order valence-corrected chi connectivity index (χ1v) is 10.9. The maximum Gasteiger partial charge on any atom is 0.262 e. The number of rotatable bonds is 4. The van der Waals surface area contributed by atoms with Crippen molar-refractivity contribution < 1.29 is 22.7 Å². The molecule has 0 radical (unpaired) electrons. The van der Waals surface area contributed by atoms with Crippen molar-refractivity contribution in [3.8, 4) is 5.75 Å². The van der Waals surface area contributed by atoms with Gasteiger partial charge in [0.2, 0.25) is 5.91 Å². The number of para-hydroxylation sites is 2. The maximum absolute atomic E-state index is 12.7. The van der Waals surface area contributed by atoms with E-state index < -0.39 is 15.9 Å². The van der Waals surface area contributed by atoms with Crippen molar-refractivity contribution >= 4 is 39.1 Å². The summed E-state index contributed by atoms with van der Waals surface area (Å²) < 4.78 is 28.7. The zero-order valence-corrected chi connectivity index (χ0v) is 15.4. The molecule has 2 amide bonds. The number of thioether (sulfide) groups is 1. The summed E-state index contributed by atoms with van der Waals surface area (Å²) in [5.74, 6) is 0.545. The van der Waals surface area contributed by atoms with Crippen LogP contribution < -0.4 is 15.0 Å². The fourth-order valence-electron chi connectivity index (χ4n) is 2.93. The topological polar surface area (TPSA) is 92.8 Å². The molecule has 3 rings (SSSR count). The quantitative estimate of drug-likeness (QED) is 0.810. The van der Waals surface area contributed by atoms with Crippen molar-refractivity contribution in [2.75, 3.05) is 35.8 Å². The van der Waals surface area contributed by atoms with Gasteiger partial charge in [0.1, 0.15) is 5.75 Å². The van der Waals surface area contributed by atoms with Crippen molar-refractivity contribution in [3.05, 3.63) is 24.3 Å². The van der Waals surface area contributed by atoms with Gasteiger partial charge in [-0.2, -0.15) is 0 Å². The Balaban J connectivity index is 1.71. The molecule has 7 nitrogen and oxygen atoms in total. The van der Waals surface area contributed by atoms with Gasteiger partial charge in [-0.05, 0) is 18.6 Å². The molecule has 1 fully saturated rings. The number of nitrogens with zero attached hydrogens (tertiary/aromatic N) is 1. The number of ether oxygens (including phenoxy) is 1. The van der Waals surface area contributed by atoms with E-state index in [1.54, 1.807) is 29.2 Å². The highest BCUT2D eigenvalue weighted by atomic mass is 32.2. The highest BCUT2D eigenvalue weighted by molar-refractivity contribution is 8.02. The second-order valence-electron chi connectivity index (χ2n) is 6.03. The van der Waals surface area contributed by atoms with Crippen LogP contribution >= 0.6 is 11.8 Å². The number of fused-ring (bicyclic) bond motifs is 1. The standard InChI is InChI=1S/C16H20N2O5S2/c1-17-16(20)14-8-18(12-4-2-3-5-13(12)23-14)15(19)9-24-11-6-7-25(21,22)10-11/h2-5,11,14H,6-10H2,1H3,(H,17,20)/t11-,14-/m0/s1. The van der Waals surface area contributed by atoms with Gasteiger partial charge in [-0.25, -0.2) is 8.42 Å². The van der Waals surface area contributed by atoms with E-state index in [0.717, 1.165) is 0 Å². The summed E-state index contributed by atoms with van der Waals surface area (Å²) in [6, 6.07) is 7.09. The largest absolute Gasteiger partial charge is 0.477 e. The van der Waals surface area contributed by atoms with E-state index >= 15 is 0 Å². The summed E-state index contributed by atoms with van der Waals surface area (Å²) in [5.41, 5.74) is 0.632. The predicted octanol–water partition coefficient (Wildman–Crippen LogP) is 0.447. The molecular weight excluding hydrogens is 364 g/mol. The molecule has 2 heterocycles. The first-order valence-electron chi connectivity index (χ1n) is 7.99. The van der Waals surface area contributed by atoms with E-state index in [1.165, 1.54) is 18.8 Å². The lowest BCUT2D eigenvalue weighted by molar-refractivity contribution is -0.127. The molecule has 1 N–H and O–H groups in total. The van der Waals surface area contributed by atoms with Gasteiger partial charge in [0.15, 0.2) is 15.9 Å². The van der Waals surface area contributed by atoms with Crippen LogP contribution in [0.1, 0.15) is 6.42 Å². The van der Waals surface area contributed by atoms with Crippen LogP contribution in [0.2, 0.25) is 0 Å². The van der Waals surface area contributed by atoms with Crippen LogP contribution in [0, 0.1) is 0 Å². The molecule has 2 atom stereocenters. The number of carbonyl (C=O) groups is 2. The number of sulfone groups is 1. The third-order valence-electron chi connectivity index (χ3n) is 4.25. The van der Waals surface area contributed by atoms with E-state index in [9.17, 15) is 18.0 Å². The minimum atomic E-state index is -2.96. The molecule has 0 aliphatic carbocycles. The van der Waals surface area contributed by atoms with Crippen molar-refractivity contribution in [1.29, 1.82) is 0 Å². The molecule has 0 aromatic heterocycles. The first kappa shape index (κ1) is 18.1. The number of carbonyl (C=O) groups excluding carboxylic acids is 2. The summed E-state index contributed by atoms with van der Waals surface area (Å²) in [6.45, 7) is 0.138. The van der Waals surface area contributed by atoms with Crippen LogP contribution in [0.15, 0.2) is 24.3 Å². The molecule has 1 saturated heterocycles. The van der Waals surface area contributed by atoms with Gasteiger partial charge in [-0.15, -0.1) is 11.8 Å². The number of amides is 2. The van der Waals surface area contributed by atoms with Crippen LogP contribution in [0.4, 0.5) is 5.69 Å². The average Bonchev–Trinajstić information content (AvgIpc) is 2.96. The minimum absolute atomic E-state index is 0.0417. The highest BCUT2D eigenvalue weighted by Crippen LogP contribution is 2.34. The van der Waals surface area contributed by atoms with Crippen molar-refractivity contribution in [2.24, 2.45) is 0 Å². The third kappa shape index (κ3) is 4.09. The number of anilines is 1. The smallest absolute Gasteiger partial charge is 0.262 e. The Labute approximate surface area is 151 Å². The van der Waals surface area contributed by atoms with Gasteiger partial charge in [-0.3, -0.25) is 9.59 Å². The number of benzene rings is 1. The van der Waals surface area contributed by atoms with Crippen LogP contribution in [0.3, 0.4) is 0 Å². The zero-order valence-electron chi connectivity index (χ0n) is 13.8. The SMILES string of the molecule is CNC(=O)[C@@H]1CN(C(=O)CS[C@H]2CCS(=O)(=O)C2)c2ccccc2O1. The number of hydrogen-bond donors (Lipinski definition) is 1. The Morgan fingerprint density at radius 2 is 2.12 bits per heavy atom. The number of nitrogens with one attached hydrogen (secondary N) is 1. The van der Waals surface area contributed by atoms with Gasteiger partial charge in [0, 0.05) is 12.3 Å². The molecule has 25 heavy (non-hydrogen) atoms. The van der Waals surface area contributed by atoms with E-state index in [2.05, 4.69) is 5.32 Å². The summed E-state index contributed by atoms with van der Waals surface area (Å²) in [7, 11) is -1.44. The van der Waals surface area contributed by atoms with Crippen molar-refractivity contribution in [2.45, 2.75) is 17.8 Å². The zero-order chi connectivity index (χ0) is 18.0. The monoisotopic (exact) mass is 384 g/mol. The lowest BCUT2D eigenvalue weighted by Gasteiger charge is -2.34. The average molecular weight is 384 g/mol. The van der Waals surface area contributed by atoms with Crippen LogP contribution in [0.25, 0.3) is 0 Å². The molecule has 136 valence electrons. The van der Waals surface area contributed by atoms with E-state index in [-0.39, 0.29) is 40.9 Å². The maximum atomic E-state index is 12.7. The Hall–Kier alpha value is -1.74. The molecule has 0 spiro atoms. The third-order valence-corrected chi connectivity index (χ3v) is 7.51. The summed E-state index contributed by atoms with van der Waals surface area (Å²) in [5, 5.41) is 2.50. The minimum Gasteiger partial charge on any atom is -0.477 e. The number of likely N-dealkylation sites (N-methyl/N-ethyl adjacent to an activating group) is 1. The normalized spacial score (nSPS) is 24.3. The predicted molar refractivity (Wildman–Crippen MR) is 96.8 cm³/mol. The molecule has 1 aromatic carbocycles. The van der Waals surface area contributed by atoms with Gasteiger partial charge in [0.05, 0.1) is 29.5 Å². The molecular formula is C16H20N2O5S2. The van der Waals surface area contributed by atoms with Gasteiger partial charge in [0.25, 0.3) is 5.91 Å². The van der Waals surface area contributed by atoms with E-state index in [1.807, 2.05) is 0 Å². The van der Waals surface area contributed by atoms with E-state index in [4.69, 9.17) is 4.74 Å². The van der Waals surface area contributed by atoms with E-state index in [0.29, 0.717) is 17.9 Å². The van der Waals surface area contributed by atoms with Crippen LogP contribution in [-0.4, -0.2) is 62.4 Å². The van der Waals surface area contributed by atoms with Crippen molar-refractivity contribution in [1.82, 2.24) is 5.32 Å². The molecule has 9 heteroatoms. The Morgan fingerprint density at radius 3 is 2.80 bits per heavy atom. The summed E-state index contributed by atoms with van der Waals surface area (Å²) in [6.07, 6.45) is -0.179. The second kappa shape index (κ2) is 7.25. The molecule has 0 saturated carbocycles. The fourth-order valence-corrected chi connectivity index (χ4v) is 6.45. The Kier molecular flexibility index (Phi) is 5.24. The molecule has 1 aromatic rings. The number of hydrogen-bond acceptors (Lipinski definition) is 6. The highest BCUT2D eigenvalue weighted by Gasteiger charge is 2.34. The molecule has 0 unspecified atom stereocenters. The van der Waals surface area contributed by atoms with Gasteiger partial charge >= 0.3 is 0 Å². The lowest BCUT2D eigenvalue weighted by Crippen LogP contribution is -2.50.